The van der Waals surface area contributed by atoms with Gasteiger partial charge in [0.25, 0.3) is 0 Å². The van der Waals surface area contributed by atoms with Gasteiger partial charge < -0.3 is 4.90 Å². The zero-order chi connectivity index (χ0) is 13.9. The molecule has 0 bridgehead atoms. The Kier molecular flexibility index (Phi) is 3.55. The summed E-state index contributed by atoms with van der Waals surface area (Å²) in [5.74, 6) is 1.19. The molecule has 1 atom stereocenters. The number of aromatic nitrogens is 3. The first kappa shape index (κ1) is 12.9. The summed E-state index contributed by atoms with van der Waals surface area (Å²) in [6.07, 6.45) is 5.91. The van der Waals surface area contributed by atoms with Crippen LogP contribution in [0.1, 0.15) is 31.9 Å². The van der Waals surface area contributed by atoms with Gasteiger partial charge in [-0.15, -0.1) is 0 Å². The number of rotatable bonds is 3. The molecular formula is C15H19N5. The van der Waals surface area contributed by atoms with Gasteiger partial charge in [0.15, 0.2) is 5.65 Å². The third-order valence-electron chi connectivity index (χ3n) is 3.83. The van der Waals surface area contributed by atoms with Crippen LogP contribution in [-0.4, -0.2) is 27.7 Å². The largest absolute Gasteiger partial charge is 0.355 e. The molecule has 0 N–H and O–H groups in total. The van der Waals surface area contributed by atoms with Crippen LogP contribution >= 0.6 is 0 Å². The molecule has 0 aliphatic carbocycles. The number of anilines is 1. The van der Waals surface area contributed by atoms with Crippen LogP contribution in [0.3, 0.4) is 0 Å². The second kappa shape index (κ2) is 5.49. The van der Waals surface area contributed by atoms with Crippen molar-refractivity contribution >= 4 is 11.5 Å². The van der Waals surface area contributed by atoms with E-state index >= 15 is 0 Å². The van der Waals surface area contributed by atoms with Gasteiger partial charge in [0.2, 0.25) is 0 Å². The molecule has 0 spiro atoms. The molecule has 1 unspecified atom stereocenters. The molecule has 2 aromatic rings. The number of fused-ring (bicyclic) bond motifs is 1. The van der Waals surface area contributed by atoms with Gasteiger partial charge in [0.1, 0.15) is 5.82 Å². The van der Waals surface area contributed by atoms with Gasteiger partial charge in [-0.1, -0.05) is 13.3 Å². The predicted molar refractivity (Wildman–Crippen MR) is 77.5 cm³/mol. The molecule has 3 rings (SSSR count). The van der Waals surface area contributed by atoms with Gasteiger partial charge in [-0.3, -0.25) is 0 Å². The van der Waals surface area contributed by atoms with Crippen molar-refractivity contribution in [3.05, 3.63) is 24.0 Å². The molecule has 1 fully saturated rings. The molecule has 2 aromatic heterocycles. The smallest absolute Gasteiger partial charge is 0.157 e. The molecule has 1 aliphatic heterocycles. The maximum atomic E-state index is 9.16. The topological polar surface area (TPSA) is 57.2 Å². The summed E-state index contributed by atoms with van der Waals surface area (Å²) in [4.78, 5) is 6.90. The Hall–Kier alpha value is -2.09. The molecule has 0 radical (unpaired) electrons. The molecule has 0 amide bonds. The Labute approximate surface area is 118 Å². The summed E-state index contributed by atoms with van der Waals surface area (Å²) < 4.78 is 1.89. The highest BCUT2D eigenvalue weighted by molar-refractivity contribution is 5.51. The molecule has 3 heterocycles. The van der Waals surface area contributed by atoms with E-state index in [0.29, 0.717) is 0 Å². The van der Waals surface area contributed by atoms with E-state index in [-0.39, 0.29) is 5.92 Å². The summed E-state index contributed by atoms with van der Waals surface area (Å²) in [6, 6.07) is 6.47. The van der Waals surface area contributed by atoms with Crippen molar-refractivity contribution in [2.45, 2.75) is 32.6 Å². The molecule has 0 saturated carbocycles. The molecular weight excluding hydrogens is 250 g/mol. The Balaban J connectivity index is 2.00. The van der Waals surface area contributed by atoms with E-state index in [1.165, 1.54) is 0 Å². The van der Waals surface area contributed by atoms with Crippen molar-refractivity contribution in [1.29, 1.82) is 5.26 Å². The third kappa shape index (κ3) is 2.34. The van der Waals surface area contributed by atoms with Gasteiger partial charge in [-0.2, -0.15) is 14.9 Å². The molecule has 1 aliphatic rings. The van der Waals surface area contributed by atoms with E-state index in [1.54, 1.807) is 6.20 Å². The van der Waals surface area contributed by atoms with E-state index in [1.807, 2.05) is 10.6 Å². The number of nitrogens with zero attached hydrogens (tertiary/aromatic N) is 5. The second-order valence-electron chi connectivity index (χ2n) is 5.37. The monoisotopic (exact) mass is 269 g/mol. The second-order valence-corrected chi connectivity index (χ2v) is 5.37. The summed E-state index contributed by atoms with van der Waals surface area (Å²) >= 11 is 0. The highest BCUT2D eigenvalue weighted by Gasteiger charge is 2.22. The average molecular weight is 269 g/mol. The standard InChI is InChI=1S/C15H19N5/c1-2-4-13-9-15(20-14(18-13)6-7-17-20)19-8-3-5-12(10-16)11-19/h6-7,9,12H,2-5,8,11H2,1H3. The van der Waals surface area contributed by atoms with Crippen LogP contribution in [0.15, 0.2) is 18.3 Å². The Morgan fingerprint density at radius 3 is 3.20 bits per heavy atom. The highest BCUT2D eigenvalue weighted by Crippen LogP contribution is 2.24. The Morgan fingerprint density at radius 1 is 1.50 bits per heavy atom. The van der Waals surface area contributed by atoms with Gasteiger partial charge in [0, 0.05) is 30.9 Å². The van der Waals surface area contributed by atoms with Crippen molar-refractivity contribution < 1.29 is 0 Å². The lowest BCUT2D eigenvalue weighted by Crippen LogP contribution is -2.36. The Morgan fingerprint density at radius 2 is 2.40 bits per heavy atom. The molecule has 104 valence electrons. The maximum Gasteiger partial charge on any atom is 0.157 e. The van der Waals surface area contributed by atoms with Gasteiger partial charge in [-0.25, -0.2) is 4.98 Å². The van der Waals surface area contributed by atoms with Crippen LogP contribution in [0.2, 0.25) is 0 Å². The van der Waals surface area contributed by atoms with Crippen molar-refractivity contribution in [3.8, 4) is 6.07 Å². The minimum Gasteiger partial charge on any atom is -0.355 e. The molecule has 5 nitrogen and oxygen atoms in total. The van der Waals surface area contributed by atoms with Crippen molar-refractivity contribution in [1.82, 2.24) is 14.6 Å². The first-order valence-corrected chi connectivity index (χ1v) is 7.30. The molecule has 5 heteroatoms. The summed E-state index contributed by atoms with van der Waals surface area (Å²) in [7, 11) is 0. The van der Waals surface area contributed by atoms with Crippen molar-refractivity contribution in [3.63, 3.8) is 0 Å². The summed E-state index contributed by atoms with van der Waals surface area (Å²) in [6.45, 7) is 3.94. The van der Waals surface area contributed by atoms with Gasteiger partial charge >= 0.3 is 0 Å². The maximum absolute atomic E-state index is 9.16. The molecule has 0 aromatic carbocycles. The lowest BCUT2D eigenvalue weighted by atomic mass is 10.00. The molecule has 20 heavy (non-hydrogen) atoms. The minimum absolute atomic E-state index is 0.122. The quantitative estimate of drug-likeness (QED) is 0.858. The van der Waals surface area contributed by atoms with E-state index < -0.39 is 0 Å². The lowest BCUT2D eigenvalue weighted by molar-refractivity contribution is 0.487. The predicted octanol–water partition coefficient (Wildman–Crippen LogP) is 2.42. The SMILES string of the molecule is CCCc1cc(N2CCCC(C#N)C2)n2nccc2n1. The summed E-state index contributed by atoms with van der Waals surface area (Å²) in [5, 5.41) is 13.5. The lowest BCUT2D eigenvalue weighted by Gasteiger charge is -2.31. The van der Waals surface area contributed by atoms with Crippen LogP contribution in [-0.2, 0) is 6.42 Å². The summed E-state index contributed by atoms with van der Waals surface area (Å²) in [5.41, 5.74) is 2.00. The van der Waals surface area contributed by atoms with Gasteiger partial charge in [-0.05, 0) is 19.3 Å². The fourth-order valence-electron chi connectivity index (χ4n) is 2.85. The highest BCUT2D eigenvalue weighted by atomic mass is 15.3. The van der Waals surface area contributed by atoms with Crippen LogP contribution < -0.4 is 4.90 Å². The van der Waals surface area contributed by atoms with E-state index in [2.05, 4.69) is 34.0 Å². The van der Waals surface area contributed by atoms with E-state index in [4.69, 9.17) is 5.26 Å². The fraction of sp³-hybridized carbons (Fsp3) is 0.533. The zero-order valence-electron chi connectivity index (χ0n) is 11.8. The minimum atomic E-state index is 0.122. The fourth-order valence-corrected chi connectivity index (χ4v) is 2.85. The van der Waals surface area contributed by atoms with E-state index in [0.717, 1.165) is 55.9 Å². The number of piperidine rings is 1. The number of hydrogen-bond donors (Lipinski definition) is 0. The number of aryl methyl sites for hydroxylation is 1. The van der Waals surface area contributed by atoms with Crippen LogP contribution in [0.4, 0.5) is 5.82 Å². The van der Waals surface area contributed by atoms with Crippen molar-refractivity contribution in [2.75, 3.05) is 18.0 Å². The first-order chi connectivity index (χ1) is 9.81. The number of hydrogen-bond acceptors (Lipinski definition) is 4. The average Bonchev–Trinajstić information content (AvgIpc) is 2.95. The Bertz CT molecular complexity index is 639. The normalized spacial score (nSPS) is 19.2. The van der Waals surface area contributed by atoms with Crippen LogP contribution in [0.25, 0.3) is 5.65 Å². The van der Waals surface area contributed by atoms with E-state index in [9.17, 15) is 0 Å². The van der Waals surface area contributed by atoms with Crippen molar-refractivity contribution in [2.24, 2.45) is 5.92 Å². The number of nitriles is 1. The van der Waals surface area contributed by atoms with Crippen LogP contribution in [0, 0.1) is 17.2 Å². The zero-order valence-corrected chi connectivity index (χ0v) is 11.8. The van der Waals surface area contributed by atoms with Crippen LogP contribution in [0.5, 0.6) is 0 Å². The van der Waals surface area contributed by atoms with Gasteiger partial charge in [0.05, 0.1) is 18.2 Å². The first-order valence-electron chi connectivity index (χ1n) is 7.30. The molecule has 1 saturated heterocycles. The third-order valence-corrected chi connectivity index (χ3v) is 3.83.